The molecule has 0 fully saturated rings. The summed E-state index contributed by atoms with van der Waals surface area (Å²) < 4.78 is 9.45. The Balaban J connectivity index is 1.09. The van der Waals surface area contributed by atoms with Crippen molar-refractivity contribution in [2.45, 2.75) is 0 Å². The van der Waals surface area contributed by atoms with Crippen molar-refractivity contribution >= 4 is 53.4 Å². The summed E-state index contributed by atoms with van der Waals surface area (Å²) in [5.41, 5.74) is 11.2. The number of thiophene rings is 1. The summed E-state index contributed by atoms with van der Waals surface area (Å²) >= 11 is 1.84. The number of rotatable bonds is 6. The second kappa shape index (κ2) is 13.3. The Morgan fingerprint density at radius 3 is 1.62 bits per heavy atom. The largest absolute Gasteiger partial charge is 0.455 e. The molecule has 262 valence electrons. The maximum atomic E-state index is 6.89. The van der Waals surface area contributed by atoms with E-state index in [0.717, 1.165) is 60.9 Å². The minimum absolute atomic E-state index is 0.621. The van der Waals surface area contributed by atoms with Gasteiger partial charge in [-0.15, -0.1) is 11.3 Å². The van der Waals surface area contributed by atoms with Gasteiger partial charge in [-0.2, -0.15) is 0 Å². The maximum absolute atomic E-state index is 6.89. The van der Waals surface area contributed by atoms with Gasteiger partial charge in [-0.05, 0) is 58.1 Å². The number of nitrogens with zero attached hydrogens (tertiary/aromatic N) is 3. The molecular formula is C51H31N3OS. The van der Waals surface area contributed by atoms with Crippen molar-refractivity contribution in [3.8, 4) is 67.5 Å². The van der Waals surface area contributed by atoms with Crippen molar-refractivity contribution in [1.82, 2.24) is 15.0 Å². The molecule has 0 aliphatic rings. The average molecular weight is 734 g/mol. The summed E-state index contributed by atoms with van der Waals surface area (Å²) in [5, 5.41) is 4.69. The van der Waals surface area contributed by atoms with E-state index in [4.69, 9.17) is 19.4 Å². The van der Waals surface area contributed by atoms with Crippen molar-refractivity contribution in [2.75, 3.05) is 0 Å². The minimum Gasteiger partial charge on any atom is -0.455 e. The molecule has 3 aromatic heterocycles. The van der Waals surface area contributed by atoms with Crippen LogP contribution in [0.3, 0.4) is 0 Å². The van der Waals surface area contributed by atoms with Crippen LogP contribution in [0.1, 0.15) is 0 Å². The molecule has 0 aliphatic carbocycles. The third-order valence-electron chi connectivity index (χ3n) is 10.5. The lowest BCUT2D eigenvalue weighted by molar-refractivity contribution is 0.670. The summed E-state index contributed by atoms with van der Waals surface area (Å²) in [6, 6.07) is 65.6. The van der Waals surface area contributed by atoms with Gasteiger partial charge in [-0.25, -0.2) is 15.0 Å². The average Bonchev–Trinajstić information content (AvgIpc) is 3.85. The zero-order valence-electron chi connectivity index (χ0n) is 30.1. The van der Waals surface area contributed by atoms with Gasteiger partial charge in [0.05, 0.1) is 0 Å². The molecule has 3 heterocycles. The zero-order valence-corrected chi connectivity index (χ0v) is 30.9. The Morgan fingerprint density at radius 1 is 0.339 bits per heavy atom. The maximum Gasteiger partial charge on any atom is 0.164 e. The smallest absolute Gasteiger partial charge is 0.164 e. The summed E-state index contributed by atoms with van der Waals surface area (Å²) in [7, 11) is 0. The fourth-order valence-corrected chi connectivity index (χ4v) is 9.04. The Bertz CT molecular complexity index is 3180. The van der Waals surface area contributed by atoms with Crippen LogP contribution in [0.5, 0.6) is 0 Å². The monoisotopic (exact) mass is 733 g/mol. The highest BCUT2D eigenvalue weighted by atomic mass is 32.1. The molecule has 5 heteroatoms. The van der Waals surface area contributed by atoms with Gasteiger partial charge in [0.2, 0.25) is 0 Å². The summed E-state index contributed by atoms with van der Waals surface area (Å²) in [6.45, 7) is 0. The first-order valence-corrected chi connectivity index (χ1v) is 19.5. The van der Waals surface area contributed by atoms with E-state index in [9.17, 15) is 0 Å². The SMILES string of the molecule is c1ccc(-c2nc(-c3ccccc3)nc(-c3cccc(-c4cccc5oc6c(-c7cc8c(cc7-c7ccccc7)sc7ccccc78)cccc6c45)c3)n2)cc1. The second-order valence-electron chi connectivity index (χ2n) is 13.9. The van der Waals surface area contributed by atoms with Crippen LogP contribution < -0.4 is 0 Å². The first kappa shape index (κ1) is 32.2. The first-order valence-electron chi connectivity index (χ1n) is 18.7. The fourth-order valence-electron chi connectivity index (χ4n) is 7.91. The molecule has 0 atom stereocenters. The molecule has 11 rings (SSSR count). The normalized spacial score (nSPS) is 11.6. The highest BCUT2D eigenvalue weighted by Crippen LogP contribution is 2.46. The summed E-state index contributed by atoms with van der Waals surface area (Å²) in [6.07, 6.45) is 0. The molecule has 0 spiro atoms. The van der Waals surface area contributed by atoms with Crippen LogP contribution >= 0.6 is 11.3 Å². The van der Waals surface area contributed by atoms with Crippen LogP contribution in [0.2, 0.25) is 0 Å². The van der Waals surface area contributed by atoms with Crippen molar-refractivity contribution in [3.63, 3.8) is 0 Å². The number of aromatic nitrogens is 3. The van der Waals surface area contributed by atoms with E-state index in [2.05, 4.69) is 127 Å². The molecule has 0 saturated carbocycles. The van der Waals surface area contributed by atoms with Gasteiger partial charge in [0, 0.05) is 53.2 Å². The lowest BCUT2D eigenvalue weighted by atomic mass is 9.91. The Hall–Kier alpha value is -7.21. The first-order chi connectivity index (χ1) is 27.7. The summed E-state index contributed by atoms with van der Waals surface area (Å²) in [4.78, 5) is 14.9. The quantitative estimate of drug-likeness (QED) is 0.171. The molecule has 0 aliphatic heterocycles. The highest BCUT2D eigenvalue weighted by molar-refractivity contribution is 7.25. The van der Waals surface area contributed by atoms with E-state index in [0.29, 0.717) is 17.5 Å². The molecule has 0 saturated heterocycles. The standard InChI is InChI=1S/C51H31N3OS/c1-4-15-32(16-5-1)41-31-46-43(38-23-10-11-28-45(38)56-46)30-42(41)39-25-13-26-40-47-37(24-14-27-44(47)55-48(39)40)35-21-12-22-36(29-35)51-53-49(33-17-6-2-7-18-33)52-50(54-51)34-19-8-3-9-20-34/h1-31H. The second-order valence-corrected chi connectivity index (χ2v) is 15.0. The van der Waals surface area contributed by atoms with Crippen LogP contribution in [-0.4, -0.2) is 15.0 Å². The van der Waals surface area contributed by atoms with Gasteiger partial charge in [0.25, 0.3) is 0 Å². The van der Waals surface area contributed by atoms with Gasteiger partial charge in [-0.3, -0.25) is 0 Å². The molecular weight excluding hydrogens is 703 g/mol. The number of hydrogen-bond donors (Lipinski definition) is 0. The molecule has 4 nitrogen and oxygen atoms in total. The third kappa shape index (κ3) is 5.48. The van der Waals surface area contributed by atoms with E-state index in [1.165, 1.54) is 31.3 Å². The molecule has 8 aromatic carbocycles. The topological polar surface area (TPSA) is 51.8 Å². The van der Waals surface area contributed by atoms with Crippen molar-refractivity contribution < 1.29 is 4.42 Å². The van der Waals surface area contributed by atoms with Crippen molar-refractivity contribution in [2.24, 2.45) is 0 Å². The lowest BCUT2D eigenvalue weighted by Gasteiger charge is -2.12. The van der Waals surface area contributed by atoms with Crippen LogP contribution in [0.15, 0.2) is 192 Å². The molecule has 0 amide bonds. The Morgan fingerprint density at radius 2 is 0.893 bits per heavy atom. The number of benzene rings is 8. The van der Waals surface area contributed by atoms with Crippen molar-refractivity contribution in [1.29, 1.82) is 0 Å². The van der Waals surface area contributed by atoms with Gasteiger partial charge < -0.3 is 4.42 Å². The fraction of sp³-hybridized carbons (Fsp3) is 0. The van der Waals surface area contributed by atoms with Crippen LogP contribution in [-0.2, 0) is 0 Å². The molecule has 0 bridgehead atoms. The lowest BCUT2D eigenvalue weighted by Crippen LogP contribution is -2.00. The highest BCUT2D eigenvalue weighted by Gasteiger charge is 2.20. The van der Waals surface area contributed by atoms with E-state index < -0.39 is 0 Å². The number of hydrogen-bond acceptors (Lipinski definition) is 5. The minimum atomic E-state index is 0.621. The number of furan rings is 1. The Labute approximate surface area is 327 Å². The van der Waals surface area contributed by atoms with E-state index >= 15 is 0 Å². The van der Waals surface area contributed by atoms with E-state index in [-0.39, 0.29) is 0 Å². The molecule has 11 aromatic rings. The van der Waals surface area contributed by atoms with Gasteiger partial charge in [0.15, 0.2) is 17.5 Å². The van der Waals surface area contributed by atoms with E-state index in [1.54, 1.807) is 0 Å². The molecule has 0 N–H and O–H groups in total. The molecule has 0 radical (unpaired) electrons. The zero-order chi connectivity index (χ0) is 37.0. The predicted octanol–water partition coefficient (Wildman–Crippen LogP) is 14.1. The van der Waals surface area contributed by atoms with Gasteiger partial charge >= 0.3 is 0 Å². The van der Waals surface area contributed by atoms with Gasteiger partial charge in [0.1, 0.15) is 11.2 Å². The van der Waals surface area contributed by atoms with Crippen LogP contribution in [0.25, 0.3) is 110 Å². The van der Waals surface area contributed by atoms with Gasteiger partial charge in [-0.1, -0.05) is 158 Å². The Kier molecular flexibility index (Phi) is 7.64. The van der Waals surface area contributed by atoms with E-state index in [1.807, 2.05) is 72.0 Å². The van der Waals surface area contributed by atoms with Crippen LogP contribution in [0.4, 0.5) is 0 Å². The van der Waals surface area contributed by atoms with Crippen molar-refractivity contribution in [3.05, 3.63) is 188 Å². The molecule has 0 unspecified atom stereocenters. The third-order valence-corrected chi connectivity index (χ3v) is 11.7. The molecule has 56 heavy (non-hydrogen) atoms. The predicted molar refractivity (Wildman–Crippen MR) is 233 cm³/mol. The number of fused-ring (bicyclic) bond motifs is 6. The van der Waals surface area contributed by atoms with Crippen LogP contribution in [0, 0.1) is 0 Å². The summed E-state index contributed by atoms with van der Waals surface area (Å²) in [5.74, 6) is 1.90. The number of para-hydroxylation sites is 1.